The minimum Gasteiger partial charge on any atom is -0.454 e. The highest BCUT2D eigenvalue weighted by molar-refractivity contribution is 5.96. The van der Waals surface area contributed by atoms with Gasteiger partial charge in [-0.1, -0.05) is 36.4 Å². The number of carbonyl (C=O) groups is 1. The molecule has 1 fully saturated rings. The lowest BCUT2D eigenvalue weighted by Gasteiger charge is -2.08. The lowest BCUT2D eigenvalue weighted by molar-refractivity contribution is -0.140. The third kappa shape index (κ3) is 2.21. The van der Waals surface area contributed by atoms with Crippen molar-refractivity contribution in [1.29, 1.82) is 0 Å². The van der Waals surface area contributed by atoms with E-state index in [1.807, 2.05) is 54.6 Å². The molecule has 4 rings (SSSR count). The van der Waals surface area contributed by atoms with E-state index in [-0.39, 0.29) is 18.8 Å². The number of hydroxylamine groups is 1. The molecule has 2 aliphatic rings. The van der Waals surface area contributed by atoms with Crippen molar-refractivity contribution in [1.82, 2.24) is 5.48 Å². The maximum absolute atomic E-state index is 12.0. The van der Waals surface area contributed by atoms with Crippen LogP contribution in [-0.4, -0.2) is 12.8 Å². The molecule has 2 aromatic carbocycles. The quantitative estimate of drug-likeness (QED) is 0.863. The zero-order chi connectivity index (χ0) is 14.9. The number of rotatable bonds is 2. The predicted molar refractivity (Wildman–Crippen MR) is 79.0 cm³/mol. The first-order valence-electron chi connectivity index (χ1n) is 6.94. The average molecular weight is 295 g/mol. The summed E-state index contributed by atoms with van der Waals surface area (Å²) in [5.74, 6) is 1.03. The van der Waals surface area contributed by atoms with Gasteiger partial charge < -0.3 is 14.3 Å². The first kappa shape index (κ1) is 12.9. The second-order valence-electron chi connectivity index (χ2n) is 5.06. The van der Waals surface area contributed by atoms with Crippen molar-refractivity contribution in [2.45, 2.75) is 6.04 Å². The largest absolute Gasteiger partial charge is 0.454 e. The summed E-state index contributed by atoms with van der Waals surface area (Å²) < 4.78 is 10.6. The summed E-state index contributed by atoms with van der Waals surface area (Å²) in [4.78, 5) is 17.0. The summed E-state index contributed by atoms with van der Waals surface area (Å²) in [5, 5.41) is 0. The van der Waals surface area contributed by atoms with Gasteiger partial charge in [0.2, 0.25) is 6.79 Å². The number of ether oxygens (including phenoxy) is 2. The molecule has 0 saturated carbocycles. The van der Waals surface area contributed by atoms with Crippen LogP contribution >= 0.6 is 0 Å². The molecule has 22 heavy (non-hydrogen) atoms. The fraction of sp³-hybridized carbons (Fsp3) is 0.118. The van der Waals surface area contributed by atoms with Crippen molar-refractivity contribution in [3.8, 4) is 11.5 Å². The fourth-order valence-corrected chi connectivity index (χ4v) is 2.57. The van der Waals surface area contributed by atoms with Crippen molar-refractivity contribution in [2.24, 2.45) is 0 Å². The molecule has 1 unspecified atom stereocenters. The highest BCUT2D eigenvalue weighted by Gasteiger charge is 2.31. The third-order valence-electron chi connectivity index (χ3n) is 3.67. The Labute approximate surface area is 127 Å². The van der Waals surface area contributed by atoms with Crippen LogP contribution in [-0.2, 0) is 9.63 Å². The number of hydrogen-bond acceptors (Lipinski definition) is 5. The fourth-order valence-electron chi connectivity index (χ4n) is 2.57. The van der Waals surface area contributed by atoms with E-state index in [4.69, 9.17) is 14.3 Å². The molecular formula is C17H13NO4. The Bertz CT molecular complexity index is 755. The SMILES string of the molecule is O=C1ONC(c2ccccc2)/C1=C/c1ccc2c(c1)OCO2. The van der Waals surface area contributed by atoms with Gasteiger partial charge in [-0.25, -0.2) is 4.79 Å². The Morgan fingerprint density at radius 1 is 1.05 bits per heavy atom. The zero-order valence-corrected chi connectivity index (χ0v) is 11.6. The van der Waals surface area contributed by atoms with Crippen LogP contribution in [0.25, 0.3) is 6.08 Å². The Kier molecular flexibility index (Phi) is 3.05. The van der Waals surface area contributed by atoms with Crippen LogP contribution in [0.1, 0.15) is 17.2 Å². The van der Waals surface area contributed by atoms with Crippen LogP contribution in [0.5, 0.6) is 11.5 Å². The monoisotopic (exact) mass is 295 g/mol. The maximum Gasteiger partial charge on any atom is 0.354 e. The predicted octanol–water partition coefficient (Wildman–Crippen LogP) is 2.60. The molecule has 0 bridgehead atoms. The number of carbonyl (C=O) groups excluding carboxylic acids is 1. The Balaban J connectivity index is 1.71. The highest BCUT2D eigenvalue weighted by atomic mass is 16.7. The molecule has 2 heterocycles. The normalized spacial score (nSPS) is 21.2. The van der Waals surface area contributed by atoms with Gasteiger partial charge in [0.25, 0.3) is 0 Å². The van der Waals surface area contributed by atoms with Crippen LogP contribution in [0.2, 0.25) is 0 Å². The molecule has 0 aromatic heterocycles. The van der Waals surface area contributed by atoms with Crippen molar-refractivity contribution < 1.29 is 19.1 Å². The third-order valence-corrected chi connectivity index (χ3v) is 3.67. The lowest BCUT2D eigenvalue weighted by Crippen LogP contribution is -2.12. The Morgan fingerprint density at radius 3 is 2.73 bits per heavy atom. The molecule has 0 amide bonds. The summed E-state index contributed by atoms with van der Waals surface area (Å²) in [7, 11) is 0. The van der Waals surface area contributed by atoms with E-state index in [2.05, 4.69) is 5.48 Å². The molecule has 1 N–H and O–H groups in total. The van der Waals surface area contributed by atoms with E-state index in [0.717, 1.165) is 11.1 Å². The summed E-state index contributed by atoms with van der Waals surface area (Å²) in [5.41, 5.74) is 5.17. The lowest BCUT2D eigenvalue weighted by atomic mass is 9.98. The summed E-state index contributed by atoms with van der Waals surface area (Å²) in [6.07, 6.45) is 1.81. The van der Waals surface area contributed by atoms with Gasteiger partial charge in [-0.15, -0.1) is 5.48 Å². The van der Waals surface area contributed by atoms with E-state index in [0.29, 0.717) is 17.1 Å². The van der Waals surface area contributed by atoms with E-state index >= 15 is 0 Å². The standard InChI is InChI=1S/C17H13NO4/c19-17-13(16(18-22-17)12-4-2-1-3-5-12)8-11-6-7-14-15(9-11)21-10-20-14/h1-9,16,18H,10H2/b13-8-. The molecule has 0 spiro atoms. The van der Waals surface area contributed by atoms with Gasteiger partial charge in [0.1, 0.15) is 6.04 Å². The number of fused-ring (bicyclic) bond motifs is 1. The molecule has 2 aromatic rings. The second kappa shape index (κ2) is 5.20. The van der Waals surface area contributed by atoms with Gasteiger partial charge in [0, 0.05) is 0 Å². The van der Waals surface area contributed by atoms with Gasteiger partial charge in [-0.2, -0.15) is 0 Å². The van der Waals surface area contributed by atoms with Gasteiger partial charge in [-0.05, 0) is 29.3 Å². The van der Waals surface area contributed by atoms with Crippen molar-refractivity contribution in [3.05, 3.63) is 65.2 Å². The van der Waals surface area contributed by atoms with E-state index in [1.54, 1.807) is 0 Å². The molecule has 110 valence electrons. The minimum absolute atomic E-state index is 0.228. The molecule has 5 nitrogen and oxygen atoms in total. The second-order valence-corrected chi connectivity index (χ2v) is 5.06. The van der Waals surface area contributed by atoms with Crippen molar-refractivity contribution in [3.63, 3.8) is 0 Å². The topological polar surface area (TPSA) is 56.8 Å². The van der Waals surface area contributed by atoms with Gasteiger partial charge >= 0.3 is 5.97 Å². The average Bonchev–Trinajstić information content (AvgIpc) is 3.15. The minimum atomic E-state index is -0.369. The van der Waals surface area contributed by atoms with Crippen LogP contribution in [0, 0.1) is 0 Å². The summed E-state index contributed by atoms with van der Waals surface area (Å²) in [6.45, 7) is 0.228. The van der Waals surface area contributed by atoms with Crippen LogP contribution < -0.4 is 15.0 Å². The van der Waals surface area contributed by atoms with E-state index in [1.165, 1.54) is 0 Å². The molecule has 2 aliphatic heterocycles. The molecule has 0 radical (unpaired) electrons. The Hall–Kier alpha value is -2.79. The summed E-state index contributed by atoms with van der Waals surface area (Å²) >= 11 is 0. The number of benzene rings is 2. The van der Waals surface area contributed by atoms with Gasteiger partial charge in [-0.3, -0.25) is 0 Å². The molecular weight excluding hydrogens is 282 g/mol. The molecule has 0 aliphatic carbocycles. The van der Waals surface area contributed by atoms with Crippen molar-refractivity contribution in [2.75, 3.05) is 6.79 Å². The highest BCUT2D eigenvalue weighted by Crippen LogP contribution is 2.35. The number of nitrogens with one attached hydrogen (secondary N) is 1. The molecule has 1 atom stereocenters. The van der Waals surface area contributed by atoms with Gasteiger partial charge in [0.05, 0.1) is 5.57 Å². The zero-order valence-electron chi connectivity index (χ0n) is 11.6. The van der Waals surface area contributed by atoms with Crippen molar-refractivity contribution >= 4 is 12.0 Å². The van der Waals surface area contributed by atoms with E-state index < -0.39 is 0 Å². The maximum atomic E-state index is 12.0. The first-order valence-corrected chi connectivity index (χ1v) is 6.94. The van der Waals surface area contributed by atoms with Crippen LogP contribution in [0.15, 0.2) is 54.1 Å². The van der Waals surface area contributed by atoms with Gasteiger partial charge in [0.15, 0.2) is 11.5 Å². The van der Waals surface area contributed by atoms with E-state index in [9.17, 15) is 4.79 Å². The smallest absolute Gasteiger partial charge is 0.354 e. The molecule has 5 heteroatoms. The summed E-state index contributed by atoms with van der Waals surface area (Å²) in [6, 6.07) is 15.0. The number of hydrogen-bond donors (Lipinski definition) is 1. The van der Waals surface area contributed by atoms with Crippen LogP contribution in [0.3, 0.4) is 0 Å². The Morgan fingerprint density at radius 2 is 1.86 bits per heavy atom. The van der Waals surface area contributed by atoms with Crippen LogP contribution in [0.4, 0.5) is 0 Å². The first-order chi connectivity index (χ1) is 10.8. The molecule has 1 saturated heterocycles.